The summed E-state index contributed by atoms with van der Waals surface area (Å²) in [6, 6.07) is 8.08. The number of carbonyl (C=O) groups excluding carboxylic acids is 1. The van der Waals surface area contributed by atoms with Gasteiger partial charge in [0.15, 0.2) is 17.6 Å². The number of hydrogen-bond acceptors (Lipinski definition) is 8. The van der Waals surface area contributed by atoms with Crippen molar-refractivity contribution in [1.29, 1.82) is 0 Å². The summed E-state index contributed by atoms with van der Waals surface area (Å²) in [6.45, 7) is 1.39. The number of carbonyl (C=O) groups is 1. The molecule has 0 fully saturated rings. The molecule has 2 aromatic rings. The van der Waals surface area contributed by atoms with Crippen molar-refractivity contribution in [2.45, 2.75) is 13.0 Å². The standard InChI is InChI=1S/C14H12N4O7/c1-9(24-12-5-3-2-4-11(12)17(20)21)14(19)16-15-8-10-6-7-13(25-10)18(22)23/h2-9H,1H3,(H,16,19)/b15-8-/t9-/m1/s1. The topological polar surface area (TPSA) is 150 Å². The third-order valence-electron chi connectivity index (χ3n) is 2.89. The maximum Gasteiger partial charge on any atom is 0.433 e. The number of hydrazone groups is 1. The van der Waals surface area contributed by atoms with E-state index < -0.39 is 27.7 Å². The first kappa shape index (κ1) is 17.6. The van der Waals surface area contributed by atoms with Gasteiger partial charge in [-0.2, -0.15) is 5.10 Å². The second kappa shape index (κ2) is 7.68. The molecule has 1 aromatic carbocycles. The molecule has 1 heterocycles. The Bertz CT molecular complexity index is 830. The van der Waals surface area contributed by atoms with E-state index in [-0.39, 0.29) is 17.2 Å². The number of ether oxygens (including phenoxy) is 1. The van der Waals surface area contributed by atoms with Crippen LogP contribution in [0, 0.1) is 20.2 Å². The van der Waals surface area contributed by atoms with Crippen molar-refractivity contribution in [3.05, 3.63) is 62.4 Å². The van der Waals surface area contributed by atoms with Gasteiger partial charge in [-0.25, -0.2) is 5.43 Å². The number of benzene rings is 1. The second-order valence-electron chi connectivity index (χ2n) is 4.65. The second-order valence-corrected chi connectivity index (χ2v) is 4.65. The number of para-hydroxylation sites is 2. The fourth-order valence-corrected chi connectivity index (χ4v) is 1.71. The van der Waals surface area contributed by atoms with Gasteiger partial charge >= 0.3 is 11.6 Å². The molecule has 11 heteroatoms. The van der Waals surface area contributed by atoms with Crippen molar-refractivity contribution in [2.75, 3.05) is 0 Å². The third-order valence-corrected chi connectivity index (χ3v) is 2.89. The summed E-state index contributed by atoms with van der Waals surface area (Å²) in [6.07, 6.45) is 0.00644. The molecule has 0 saturated heterocycles. The van der Waals surface area contributed by atoms with Crippen LogP contribution >= 0.6 is 0 Å². The van der Waals surface area contributed by atoms with E-state index in [1.54, 1.807) is 0 Å². The van der Waals surface area contributed by atoms with E-state index in [4.69, 9.17) is 9.15 Å². The van der Waals surface area contributed by atoms with Gasteiger partial charge in [0, 0.05) is 6.07 Å². The molecule has 0 aliphatic rings. The van der Waals surface area contributed by atoms with E-state index >= 15 is 0 Å². The van der Waals surface area contributed by atoms with Crippen LogP contribution in [0.3, 0.4) is 0 Å². The molecule has 11 nitrogen and oxygen atoms in total. The molecule has 0 radical (unpaired) electrons. The lowest BCUT2D eigenvalue weighted by atomic mass is 10.3. The van der Waals surface area contributed by atoms with E-state index in [0.29, 0.717) is 0 Å². The predicted octanol–water partition coefficient (Wildman–Crippen LogP) is 2.01. The van der Waals surface area contributed by atoms with Crippen molar-refractivity contribution in [1.82, 2.24) is 5.43 Å². The minimum Gasteiger partial charge on any atom is -0.474 e. The quantitative estimate of drug-likeness (QED) is 0.456. The smallest absolute Gasteiger partial charge is 0.433 e. The van der Waals surface area contributed by atoms with Crippen LogP contribution in [0.1, 0.15) is 12.7 Å². The Hall–Kier alpha value is -3.76. The molecular weight excluding hydrogens is 336 g/mol. The summed E-state index contributed by atoms with van der Waals surface area (Å²) in [7, 11) is 0. The molecule has 1 amide bonds. The van der Waals surface area contributed by atoms with Gasteiger partial charge in [0.2, 0.25) is 0 Å². The number of nitro benzene ring substituents is 1. The molecule has 0 aliphatic heterocycles. The first-order valence-corrected chi connectivity index (χ1v) is 6.85. The Morgan fingerprint density at radius 3 is 2.60 bits per heavy atom. The summed E-state index contributed by atoms with van der Waals surface area (Å²) in [4.78, 5) is 31.9. The van der Waals surface area contributed by atoms with Crippen LogP contribution in [-0.4, -0.2) is 28.1 Å². The molecular formula is C14H12N4O7. The Morgan fingerprint density at radius 1 is 1.24 bits per heavy atom. The van der Waals surface area contributed by atoms with E-state index in [9.17, 15) is 25.0 Å². The number of nitrogens with one attached hydrogen (secondary N) is 1. The molecule has 0 saturated carbocycles. The van der Waals surface area contributed by atoms with E-state index in [0.717, 1.165) is 12.3 Å². The molecule has 1 atom stereocenters. The first-order chi connectivity index (χ1) is 11.9. The van der Waals surface area contributed by atoms with Gasteiger partial charge in [-0.1, -0.05) is 12.1 Å². The Labute approximate surface area is 140 Å². The number of amides is 1. The summed E-state index contributed by atoms with van der Waals surface area (Å²) < 4.78 is 10.1. The molecule has 0 unspecified atom stereocenters. The molecule has 0 aliphatic carbocycles. The van der Waals surface area contributed by atoms with Crippen LogP contribution in [0.2, 0.25) is 0 Å². The number of furan rings is 1. The highest BCUT2D eigenvalue weighted by Gasteiger charge is 2.20. The minimum atomic E-state index is -1.07. The summed E-state index contributed by atoms with van der Waals surface area (Å²) in [5.41, 5.74) is 1.87. The van der Waals surface area contributed by atoms with Crippen LogP contribution in [0.4, 0.5) is 11.6 Å². The highest BCUT2D eigenvalue weighted by Crippen LogP contribution is 2.26. The van der Waals surface area contributed by atoms with Crippen molar-refractivity contribution in [3.63, 3.8) is 0 Å². The lowest BCUT2D eigenvalue weighted by Gasteiger charge is -2.12. The van der Waals surface area contributed by atoms with Gasteiger partial charge in [0.05, 0.1) is 17.2 Å². The molecule has 0 bridgehead atoms. The lowest BCUT2D eigenvalue weighted by Crippen LogP contribution is -2.33. The van der Waals surface area contributed by atoms with Crippen molar-refractivity contribution >= 4 is 23.7 Å². The van der Waals surface area contributed by atoms with Crippen molar-refractivity contribution < 1.29 is 23.8 Å². The van der Waals surface area contributed by atoms with Gasteiger partial charge < -0.3 is 9.15 Å². The largest absolute Gasteiger partial charge is 0.474 e. The van der Waals surface area contributed by atoms with E-state index in [1.807, 2.05) is 0 Å². The zero-order valence-electron chi connectivity index (χ0n) is 12.8. The molecule has 1 N–H and O–H groups in total. The lowest BCUT2D eigenvalue weighted by molar-refractivity contribution is -0.402. The maximum absolute atomic E-state index is 11.9. The highest BCUT2D eigenvalue weighted by molar-refractivity contribution is 5.83. The maximum atomic E-state index is 11.9. The van der Waals surface area contributed by atoms with Gasteiger partial charge in [-0.3, -0.25) is 25.0 Å². The number of rotatable bonds is 7. The van der Waals surface area contributed by atoms with Crippen LogP contribution < -0.4 is 10.2 Å². The Kier molecular flexibility index (Phi) is 5.40. The van der Waals surface area contributed by atoms with E-state index in [1.165, 1.54) is 37.3 Å². The molecule has 1 aromatic heterocycles. The van der Waals surface area contributed by atoms with Gasteiger partial charge in [-0.05, 0) is 19.1 Å². The van der Waals surface area contributed by atoms with Crippen LogP contribution in [-0.2, 0) is 4.79 Å². The first-order valence-electron chi connectivity index (χ1n) is 6.85. The predicted molar refractivity (Wildman–Crippen MR) is 84.3 cm³/mol. The van der Waals surface area contributed by atoms with Gasteiger partial charge in [-0.15, -0.1) is 0 Å². The zero-order valence-corrected chi connectivity index (χ0v) is 12.8. The summed E-state index contributed by atoms with van der Waals surface area (Å²) in [5.74, 6) is -1.11. The average Bonchev–Trinajstić information content (AvgIpc) is 3.04. The summed E-state index contributed by atoms with van der Waals surface area (Å²) in [5, 5.41) is 24.9. The fraction of sp³-hybridized carbons (Fsp3) is 0.143. The van der Waals surface area contributed by atoms with Crippen LogP contribution in [0.15, 0.2) is 45.9 Å². The van der Waals surface area contributed by atoms with Gasteiger partial charge in [0.25, 0.3) is 5.91 Å². The van der Waals surface area contributed by atoms with E-state index in [2.05, 4.69) is 10.5 Å². The Balaban J connectivity index is 1.95. The van der Waals surface area contributed by atoms with Gasteiger partial charge in [0.1, 0.15) is 4.92 Å². The third kappa shape index (κ3) is 4.60. The molecule has 130 valence electrons. The SMILES string of the molecule is C[C@@H](Oc1ccccc1[N+](=O)[O-])C(=O)N/N=C\c1ccc([N+](=O)[O-])o1. The fourth-order valence-electron chi connectivity index (χ4n) is 1.71. The summed E-state index contributed by atoms with van der Waals surface area (Å²) >= 11 is 0. The molecule has 25 heavy (non-hydrogen) atoms. The highest BCUT2D eigenvalue weighted by atomic mass is 16.6. The molecule has 2 rings (SSSR count). The average molecular weight is 348 g/mol. The normalized spacial score (nSPS) is 11.9. The van der Waals surface area contributed by atoms with Crippen molar-refractivity contribution in [2.24, 2.45) is 5.10 Å². The molecule has 0 spiro atoms. The zero-order chi connectivity index (χ0) is 18.4. The monoisotopic (exact) mass is 348 g/mol. The minimum absolute atomic E-state index is 0.0548. The number of nitrogens with zero attached hydrogens (tertiary/aromatic N) is 3. The van der Waals surface area contributed by atoms with Crippen LogP contribution in [0.25, 0.3) is 0 Å². The Morgan fingerprint density at radius 2 is 1.96 bits per heavy atom. The number of nitro groups is 2. The van der Waals surface area contributed by atoms with Crippen molar-refractivity contribution in [3.8, 4) is 5.75 Å². The van der Waals surface area contributed by atoms with Crippen LogP contribution in [0.5, 0.6) is 5.75 Å². The number of hydrogen-bond donors (Lipinski definition) is 1.